The molecule has 2 aromatic rings. The minimum atomic E-state index is -0.932. The standard InChI is InChI=1S/C23H32N4O2/c1-23(2,27(22(28)29)21-9-5-19(25)6-10-21)14-11-17-12-15-26(16-13-17)20-7-3-18(24)4-8-20/h3-10,17H,11-16,24-25H2,1-2H3,(H,28,29). The maximum atomic E-state index is 12.0. The van der Waals surface area contributed by atoms with Crippen LogP contribution >= 0.6 is 0 Å². The lowest BCUT2D eigenvalue weighted by Gasteiger charge is -2.39. The topological polar surface area (TPSA) is 95.8 Å². The number of nitrogen functional groups attached to an aromatic ring is 2. The molecule has 1 saturated heterocycles. The number of rotatable bonds is 6. The highest BCUT2D eigenvalue weighted by Gasteiger charge is 2.33. The summed E-state index contributed by atoms with van der Waals surface area (Å²) in [6, 6.07) is 15.1. The number of nitrogens with zero attached hydrogens (tertiary/aromatic N) is 2. The third-order valence-corrected chi connectivity index (χ3v) is 5.99. The molecule has 1 amide bonds. The Morgan fingerprint density at radius 1 is 1.03 bits per heavy atom. The molecule has 0 atom stereocenters. The lowest BCUT2D eigenvalue weighted by Crippen LogP contribution is -2.48. The molecule has 0 unspecified atom stereocenters. The average Bonchev–Trinajstić information content (AvgIpc) is 2.69. The summed E-state index contributed by atoms with van der Waals surface area (Å²) in [6.07, 6.45) is 3.14. The van der Waals surface area contributed by atoms with Crippen LogP contribution in [0, 0.1) is 5.92 Å². The highest BCUT2D eigenvalue weighted by Crippen LogP contribution is 2.33. The Kier molecular flexibility index (Phi) is 6.20. The first-order valence-corrected chi connectivity index (χ1v) is 10.3. The second-order valence-electron chi connectivity index (χ2n) is 8.58. The molecule has 29 heavy (non-hydrogen) atoms. The van der Waals surface area contributed by atoms with Crippen LogP contribution in [0.4, 0.5) is 27.5 Å². The zero-order chi connectivity index (χ0) is 21.0. The molecule has 0 bridgehead atoms. The van der Waals surface area contributed by atoms with E-state index in [0.717, 1.165) is 44.5 Å². The molecule has 1 aliphatic rings. The molecule has 0 aliphatic carbocycles. The van der Waals surface area contributed by atoms with Gasteiger partial charge in [0.25, 0.3) is 0 Å². The maximum Gasteiger partial charge on any atom is 0.412 e. The number of benzene rings is 2. The van der Waals surface area contributed by atoms with Crippen LogP contribution in [0.15, 0.2) is 48.5 Å². The van der Waals surface area contributed by atoms with Crippen LogP contribution in [0.1, 0.15) is 39.5 Å². The van der Waals surface area contributed by atoms with Gasteiger partial charge in [0.05, 0.1) is 0 Å². The van der Waals surface area contributed by atoms with Gasteiger partial charge in [-0.2, -0.15) is 0 Å². The third-order valence-electron chi connectivity index (χ3n) is 5.99. The molecular formula is C23H32N4O2. The van der Waals surface area contributed by atoms with Crippen molar-refractivity contribution >= 4 is 28.8 Å². The van der Waals surface area contributed by atoms with E-state index in [2.05, 4.69) is 17.0 Å². The fourth-order valence-corrected chi connectivity index (χ4v) is 4.18. The Bertz CT molecular complexity index is 810. The van der Waals surface area contributed by atoms with Crippen molar-refractivity contribution < 1.29 is 9.90 Å². The van der Waals surface area contributed by atoms with E-state index in [0.29, 0.717) is 17.3 Å². The highest BCUT2D eigenvalue weighted by molar-refractivity contribution is 5.87. The Morgan fingerprint density at radius 3 is 2.07 bits per heavy atom. The molecule has 6 heteroatoms. The molecule has 0 spiro atoms. The van der Waals surface area contributed by atoms with Crippen molar-refractivity contribution in [3.8, 4) is 0 Å². The monoisotopic (exact) mass is 396 g/mol. The van der Waals surface area contributed by atoms with E-state index in [1.165, 1.54) is 10.6 Å². The summed E-state index contributed by atoms with van der Waals surface area (Å²) >= 11 is 0. The van der Waals surface area contributed by atoms with Gasteiger partial charge in [-0.15, -0.1) is 0 Å². The molecule has 6 nitrogen and oxygen atoms in total. The fourth-order valence-electron chi connectivity index (χ4n) is 4.18. The summed E-state index contributed by atoms with van der Waals surface area (Å²) in [7, 11) is 0. The number of nitrogens with two attached hydrogens (primary N) is 2. The van der Waals surface area contributed by atoms with Gasteiger partial charge < -0.3 is 21.5 Å². The third kappa shape index (κ3) is 5.13. The van der Waals surface area contributed by atoms with E-state index in [1.54, 1.807) is 24.3 Å². The smallest absolute Gasteiger partial charge is 0.412 e. The summed E-state index contributed by atoms with van der Waals surface area (Å²) in [4.78, 5) is 15.9. The van der Waals surface area contributed by atoms with Gasteiger partial charge in [-0.1, -0.05) is 0 Å². The molecular weight excluding hydrogens is 364 g/mol. The van der Waals surface area contributed by atoms with E-state index in [9.17, 15) is 9.90 Å². The summed E-state index contributed by atoms with van der Waals surface area (Å²) in [5, 5.41) is 9.83. The number of anilines is 4. The van der Waals surface area contributed by atoms with E-state index in [4.69, 9.17) is 11.5 Å². The quantitative estimate of drug-likeness (QED) is 0.609. The number of carbonyl (C=O) groups is 1. The number of piperidine rings is 1. The summed E-state index contributed by atoms with van der Waals surface area (Å²) in [5.74, 6) is 0.612. The number of hydrogen-bond donors (Lipinski definition) is 3. The zero-order valence-electron chi connectivity index (χ0n) is 17.3. The first-order valence-electron chi connectivity index (χ1n) is 10.3. The molecule has 1 heterocycles. The van der Waals surface area contributed by atoms with E-state index >= 15 is 0 Å². The zero-order valence-corrected chi connectivity index (χ0v) is 17.3. The van der Waals surface area contributed by atoms with Crippen molar-refractivity contribution in [2.75, 3.05) is 34.4 Å². The number of hydrogen-bond acceptors (Lipinski definition) is 4. The van der Waals surface area contributed by atoms with Crippen LogP contribution < -0.4 is 21.3 Å². The average molecular weight is 397 g/mol. The predicted octanol–water partition coefficient (Wildman–Crippen LogP) is 4.81. The van der Waals surface area contributed by atoms with Crippen LogP contribution in [0.2, 0.25) is 0 Å². The molecule has 5 N–H and O–H groups in total. The fraction of sp³-hybridized carbons (Fsp3) is 0.435. The second kappa shape index (κ2) is 8.64. The van der Waals surface area contributed by atoms with Crippen LogP contribution in [0.5, 0.6) is 0 Å². The van der Waals surface area contributed by atoms with Crippen molar-refractivity contribution in [1.29, 1.82) is 0 Å². The summed E-state index contributed by atoms with van der Waals surface area (Å²) < 4.78 is 0. The summed E-state index contributed by atoms with van der Waals surface area (Å²) in [6.45, 7) is 6.05. The Balaban J connectivity index is 1.57. The molecule has 156 valence electrons. The van der Waals surface area contributed by atoms with Crippen molar-refractivity contribution in [1.82, 2.24) is 0 Å². The van der Waals surface area contributed by atoms with Crippen LogP contribution in [0.25, 0.3) is 0 Å². The molecule has 1 fully saturated rings. The van der Waals surface area contributed by atoms with Gasteiger partial charge in [-0.3, -0.25) is 4.90 Å². The largest absolute Gasteiger partial charge is 0.465 e. The van der Waals surface area contributed by atoms with Crippen molar-refractivity contribution in [2.24, 2.45) is 5.92 Å². The SMILES string of the molecule is CC(C)(CCC1CCN(c2ccc(N)cc2)CC1)N(C(=O)O)c1ccc(N)cc1. The van der Waals surface area contributed by atoms with Gasteiger partial charge in [-0.05, 0) is 94.0 Å². The Hall–Kier alpha value is -2.89. The van der Waals surface area contributed by atoms with Crippen LogP contribution in [0.3, 0.4) is 0 Å². The molecule has 2 aromatic carbocycles. The first-order chi connectivity index (χ1) is 13.8. The van der Waals surface area contributed by atoms with Crippen molar-refractivity contribution in [3.05, 3.63) is 48.5 Å². The van der Waals surface area contributed by atoms with Crippen LogP contribution in [-0.4, -0.2) is 29.8 Å². The molecule has 1 aliphatic heterocycles. The molecule has 0 radical (unpaired) electrons. The minimum absolute atomic E-state index is 0.490. The van der Waals surface area contributed by atoms with Gasteiger partial charge in [-0.25, -0.2) is 4.79 Å². The van der Waals surface area contributed by atoms with E-state index in [1.807, 2.05) is 26.0 Å². The lowest BCUT2D eigenvalue weighted by atomic mass is 9.85. The highest BCUT2D eigenvalue weighted by atomic mass is 16.4. The Morgan fingerprint density at radius 2 is 1.55 bits per heavy atom. The van der Waals surface area contributed by atoms with E-state index in [-0.39, 0.29) is 0 Å². The van der Waals surface area contributed by atoms with Gasteiger partial charge in [0, 0.05) is 41.4 Å². The summed E-state index contributed by atoms with van der Waals surface area (Å²) in [5.41, 5.74) is 14.3. The van der Waals surface area contributed by atoms with Crippen molar-refractivity contribution in [3.63, 3.8) is 0 Å². The minimum Gasteiger partial charge on any atom is -0.465 e. The van der Waals surface area contributed by atoms with Crippen LogP contribution in [-0.2, 0) is 0 Å². The van der Waals surface area contributed by atoms with E-state index < -0.39 is 11.6 Å². The number of amides is 1. The molecule has 0 saturated carbocycles. The molecule has 3 rings (SSSR count). The number of carboxylic acid groups (broad SMARTS) is 1. The lowest BCUT2D eigenvalue weighted by molar-refractivity contribution is 0.191. The normalized spacial score (nSPS) is 15.3. The second-order valence-corrected chi connectivity index (χ2v) is 8.58. The predicted molar refractivity (Wildman–Crippen MR) is 120 cm³/mol. The van der Waals surface area contributed by atoms with Gasteiger partial charge in [0.2, 0.25) is 0 Å². The van der Waals surface area contributed by atoms with Gasteiger partial charge in [0.15, 0.2) is 0 Å². The Labute approximate surface area is 173 Å². The first kappa shape index (κ1) is 20.8. The van der Waals surface area contributed by atoms with Gasteiger partial charge >= 0.3 is 6.09 Å². The van der Waals surface area contributed by atoms with Crippen molar-refractivity contribution in [2.45, 2.75) is 45.1 Å². The maximum absolute atomic E-state index is 12.0. The van der Waals surface area contributed by atoms with Gasteiger partial charge in [0.1, 0.15) is 0 Å². The molecule has 0 aromatic heterocycles.